The average Bonchev–Trinajstić information content (AvgIpc) is 2.85. The van der Waals surface area contributed by atoms with E-state index in [-0.39, 0.29) is 28.2 Å². The quantitative estimate of drug-likeness (QED) is 0.510. The number of hydrogen-bond acceptors (Lipinski definition) is 4. The lowest BCUT2D eigenvalue weighted by atomic mass is 10.2. The van der Waals surface area contributed by atoms with Crippen molar-refractivity contribution in [1.82, 2.24) is 5.43 Å². The van der Waals surface area contributed by atoms with Crippen LogP contribution in [-0.4, -0.2) is 5.91 Å². The highest BCUT2D eigenvalue weighted by atomic mass is 35.5. The molecule has 0 saturated carbocycles. The average molecular weight is 336 g/mol. The van der Waals surface area contributed by atoms with Gasteiger partial charge in [0.1, 0.15) is 6.61 Å². The molecule has 0 aliphatic rings. The second-order valence-corrected chi connectivity index (χ2v) is 4.99. The van der Waals surface area contributed by atoms with Crippen LogP contribution in [-0.2, 0) is 6.61 Å². The summed E-state index contributed by atoms with van der Waals surface area (Å²) in [6, 6.07) is 4.60. The topological polar surface area (TPSA) is 77.5 Å². The van der Waals surface area contributed by atoms with Crippen LogP contribution in [0.25, 0.3) is 0 Å². The predicted octanol–water partition coefficient (Wildman–Crippen LogP) is 3.42. The number of nitrogens with one attached hydrogen (secondary N) is 1. The van der Waals surface area contributed by atoms with E-state index in [9.17, 15) is 4.79 Å². The molecule has 1 aromatic heterocycles. The molecule has 0 saturated heterocycles. The largest absolute Gasteiger partial charge is 0.486 e. The van der Waals surface area contributed by atoms with E-state index >= 15 is 0 Å². The van der Waals surface area contributed by atoms with Crippen molar-refractivity contribution < 1.29 is 13.9 Å². The Hall–Kier alpha value is -1.40. The first-order chi connectivity index (χ1) is 9.52. The molecule has 0 fully saturated rings. The van der Waals surface area contributed by atoms with Crippen LogP contribution in [0.5, 0.6) is 5.75 Å². The Kier molecular flexibility index (Phi) is 4.77. The van der Waals surface area contributed by atoms with Crippen LogP contribution in [0.3, 0.4) is 0 Å². The first-order valence-electron chi connectivity index (χ1n) is 5.37. The van der Waals surface area contributed by atoms with Crippen LogP contribution in [0, 0.1) is 0 Å². The number of furan rings is 1. The van der Waals surface area contributed by atoms with E-state index in [1.807, 2.05) is 5.43 Å². The Labute approximate surface area is 129 Å². The highest BCUT2D eigenvalue weighted by Crippen LogP contribution is 2.36. The van der Waals surface area contributed by atoms with E-state index in [1.54, 1.807) is 6.07 Å². The van der Waals surface area contributed by atoms with E-state index in [1.165, 1.54) is 18.4 Å². The lowest BCUT2D eigenvalue weighted by molar-refractivity contribution is 0.0922. The third kappa shape index (κ3) is 3.19. The fourth-order valence-electron chi connectivity index (χ4n) is 1.53. The Bertz CT molecular complexity index is 620. The molecule has 0 spiro atoms. The molecule has 0 aliphatic heterocycles. The molecule has 8 heteroatoms. The smallest absolute Gasteiger partial charge is 0.301 e. The van der Waals surface area contributed by atoms with Gasteiger partial charge in [-0.05, 0) is 18.2 Å². The minimum Gasteiger partial charge on any atom is -0.486 e. The zero-order chi connectivity index (χ0) is 14.7. The number of carbonyl (C=O) groups is 1. The van der Waals surface area contributed by atoms with Crippen molar-refractivity contribution in [2.75, 3.05) is 0 Å². The normalized spacial score (nSPS) is 10.4. The van der Waals surface area contributed by atoms with Crippen molar-refractivity contribution >= 4 is 40.7 Å². The summed E-state index contributed by atoms with van der Waals surface area (Å²) in [5, 5.41) is 0.950. The lowest BCUT2D eigenvalue weighted by Gasteiger charge is -2.10. The number of hydrazine groups is 1. The zero-order valence-electron chi connectivity index (χ0n) is 9.95. The molecule has 0 aliphatic carbocycles. The van der Waals surface area contributed by atoms with Gasteiger partial charge in [-0.1, -0.05) is 34.8 Å². The highest BCUT2D eigenvalue weighted by Gasteiger charge is 2.16. The molecule has 0 radical (unpaired) electrons. The summed E-state index contributed by atoms with van der Waals surface area (Å²) in [7, 11) is 0. The number of carbonyl (C=O) groups excluding carboxylic acids is 1. The number of hydrogen-bond donors (Lipinski definition) is 2. The fraction of sp³-hybridized carbons (Fsp3) is 0.0833. The Balaban J connectivity index is 2.18. The van der Waals surface area contributed by atoms with Crippen LogP contribution in [0.15, 0.2) is 28.9 Å². The summed E-state index contributed by atoms with van der Waals surface area (Å²) in [5.41, 5.74) is 2.49. The summed E-state index contributed by atoms with van der Waals surface area (Å²) < 4.78 is 10.5. The van der Waals surface area contributed by atoms with Crippen molar-refractivity contribution in [3.05, 3.63) is 50.9 Å². The number of nitrogen functional groups attached to an aromatic ring is 1. The van der Waals surface area contributed by atoms with Gasteiger partial charge >= 0.3 is 5.91 Å². The van der Waals surface area contributed by atoms with Crippen molar-refractivity contribution in [3.8, 4) is 5.75 Å². The molecule has 3 N–H and O–H groups in total. The lowest BCUT2D eigenvalue weighted by Crippen LogP contribution is -2.30. The molecule has 1 heterocycles. The molecule has 5 nitrogen and oxygen atoms in total. The van der Waals surface area contributed by atoms with Gasteiger partial charge in [-0.3, -0.25) is 10.2 Å². The van der Waals surface area contributed by atoms with Crippen molar-refractivity contribution in [2.45, 2.75) is 6.61 Å². The van der Waals surface area contributed by atoms with Gasteiger partial charge in [-0.15, -0.1) is 0 Å². The number of amides is 1. The van der Waals surface area contributed by atoms with Gasteiger partial charge in [0.05, 0.1) is 16.3 Å². The molecule has 1 amide bonds. The summed E-state index contributed by atoms with van der Waals surface area (Å²) in [6.07, 6.45) is 1.36. The minimum absolute atomic E-state index is 0.0420. The van der Waals surface area contributed by atoms with Gasteiger partial charge in [0.15, 0.2) is 11.5 Å². The first-order valence-corrected chi connectivity index (χ1v) is 6.51. The van der Waals surface area contributed by atoms with E-state index in [0.717, 1.165) is 0 Å². The van der Waals surface area contributed by atoms with Crippen molar-refractivity contribution in [3.63, 3.8) is 0 Å². The first kappa shape index (κ1) is 15.0. The van der Waals surface area contributed by atoms with Crippen LogP contribution in [0.1, 0.15) is 16.1 Å². The molecule has 0 atom stereocenters. The van der Waals surface area contributed by atoms with Crippen LogP contribution in [0.2, 0.25) is 15.1 Å². The van der Waals surface area contributed by atoms with E-state index in [2.05, 4.69) is 0 Å². The van der Waals surface area contributed by atoms with E-state index < -0.39 is 5.91 Å². The van der Waals surface area contributed by atoms with Gasteiger partial charge in [0, 0.05) is 10.6 Å². The number of halogens is 3. The number of nitrogens with two attached hydrogens (primary N) is 1. The molecule has 106 valence electrons. The maximum Gasteiger partial charge on any atom is 0.301 e. The van der Waals surface area contributed by atoms with Gasteiger partial charge in [-0.25, -0.2) is 5.84 Å². The highest BCUT2D eigenvalue weighted by molar-refractivity contribution is 6.40. The molecular weight excluding hydrogens is 327 g/mol. The molecule has 2 rings (SSSR count). The zero-order valence-corrected chi connectivity index (χ0v) is 12.2. The van der Waals surface area contributed by atoms with Gasteiger partial charge in [0.25, 0.3) is 0 Å². The van der Waals surface area contributed by atoms with Crippen molar-refractivity contribution in [1.29, 1.82) is 0 Å². The van der Waals surface area contributed by atoms with Crippen LogP contribution >= 0.6 is 34.8 Å². The third-order valence-corrected chi connectivity index (χ3v) is 3.20. The Morgan fingerprint density at radius 3 is 2.55 bits per heavy atom. The second-order valence-electron chi connectivity index (χ2n) is 3.74. The standard InChI is InChI=1S/C12H9Cl3N2O3/c13-7-3-8(14)11(9(15)4-7)20-5-6-1-2-19-10(6)12(18)17-16/h1-4H,5,16H2,(H,17,18). The number of ether oxygens (including phenoxy) is 1. The van der Waals surface area contributed by atoms with E-state index in [4.69, 9.17) is 49.8 Å². The maximum absolute atomic E-state index is 11.4. The van der Waals surface area contributed by atoms with Crippen LogP contribution in [0.4, 0.5) is 0 Å². The van der Waals surface area contributed by atoms with Crippen LogP contribution < -0.4 is 16.0 Å². The maximum atomic E-state index is 11.4. The summed E-state index contributed by atoms with van der Waals surface area (Å²) in [4.78, 5) is 11.4. The third-order valence-electron chi connectivity index (χ3n) is 2.42. The van der Waals surface area contributed by atoms with Crippen molar-refractivity contribution in [2.24, 2.45) is 5.84 Å². The monoisotopic (exact) mass is 334 g/mol. The van der Waals surface area contributed by atoms with E-state index in [0.29, 0.717) is 10.6 Å². The number of benzene rings is 1. The molecule has 0 unspecified atom stereocenters. The molecule has 0 bridgehead atoms. The van der Waals surface area contributed by atoms with Gasteiger partial charge in [-0.2, -0.15) is 0 Å². The summed E-state index contributed by atoms with van der Waals surface area (Å²) in [6.45, 7) is 0.0420. The minimum atomic E-state index is -0.554. The molecular formula is C12H9Cl3N2O3. The predicted molar refractivity (Wildman–Crippen MR) is 76.2 cm³/mol. The SMILES string of the molecule is NNC(=O)c1occc1COc1c(Cl)cc(Cl)cc1Cl. The second kappa shape index (κ2) is 6.37. The fourth-order valence-corrected chi connectivity index (χ4v) is 2.46. The van der Waals surface area contributed by atoms with Gasteiger partial charge in [0.2, 0.25) is 0 Å². The molecule has 2 aromatic rings. The summed E-state index contributed by atoms with van der Waals surface area (Å²) in [5.74, 6) is 4.83. The molecule has 1 aromatic carbocycles. The summed E-state index contributed by atoms with van der Waals surface area (Å²) >= 11 is 17.8. The van der Waals surface area contributed by atoms with Gasteiger partial charge < -0.3 is 9.15 Å². The Morgan fingerprint density at radius 2 is 1.95 bits per heavy atom. The molecule has 20 heavy (non-hydrogen) atoms. The number of rotatable bonds is 4. The Morgan fingerprint density at radius 1 is 1.30 bits per heavy atom.